The first-order chi connectivity index (χ1) is 8.21. The van der Waals surface area contributed by atoms with Crippen molar-refractivity contribution in [2.24, 2.45) is 5.41 Å². The van der Waals surface area contributed by atoms with Crippen molar-refractivity contribution in [1.29, 1.82) is 0 Å². The summed E-state index contributed by atoms with van der Waals surface area (Å²) in [5.74, 6) is 0.967. The van der Waals surface area contributed by atoms with Crippen LogP contribution in [0.15, 0.2) is 30.3 Å². The highest BCUT2D eigenvalue weighted by atomic mass is 16.5. The molecule has 0 aliphatic heterocycles. The summed E-state index contributed by atoms with van der Waals surface area (Å²) in [5, 5.41) is 3.59. The molecule has 0 heterocycles. The van der Waals surface area contributed by atoms with E-state index in [2.05, 4.69) is 19.2 Å². The fourth-order valence-electron chi connectivity index (χ4n) is 1.97. The van der Waals surface area contributed by atoms with Gasteiger partial charge in [-0.15, -0.1) is 0 Å². The summed E-state index contributed by atoms with van der Waals surface area (Å²) in [5.41, 5.74) is 0.570. The predicted octanol–water partition coefficient (Wildman–Crippen LogP) is 3.23. The normalized spacial score (nSPS) is 18.7. The van der Waals surface area contributed by atoms with Crippen LogP contribution in [0.3, 0.4) is 0 Å². The molecule has 1 unspecified atom stereocenters. The molecule has 0 aromatic heterocycles. The number of nitrogens with one attached hydrogen (secondary N) is 1. The standard InChI is InChI=1S/C15H23NO/c1-13(15(2)9-10-15)16-11-6-12-17-14-7-4-3-5-8-14/h3-5,7-8,13,16H,6,9-12H2,1-2H3. The summed E-state index contributed by atoms with van der Waals surface area (Å²) in [7, 11) is 0. The summed E-state index contributed by atoms with van der Waals surface area (Å²) < 4.78 is 5.65. The Morgan fingerprint density at radius 2 is 2.00 bits per heavy atom. The quantitative estimate of drug-likeness (QED) is 0.730. The summed E-state index contributed by atoms with van der Waals surface area (Å²) in [6.45, 7) is 6.50. The Morgan fingerprint density at radius 3 is 2.65 bits per heavy atom. The molecule has 17 heavy (non-hydrogen) atoms. The smallest absolute Gasteiger partial charge is 0.119 e. The fraction of sp³-hybridized carbons (Fsp3) is 0.600. The molecule has 2 rings (SSSR count). The van der Waals surface area contributed by atoms with E-state index in [1.165, 1.54) is 12.8 Å². The fourth-order valence-corrected chi connectivity index (χ4v) is 1.97. The second kappa shape index (κ2) is 5.54. The van der Waals surface area contributed by atoms with Crippen LogP contribution in [0.4, 0.5) is 0 Å². The molecule has 1 aliphatic carbocycles. The van der Waals surface area contributed by atoms with Gasteiger partial charge in [-0.2, -0.15) is 0 Å². The highest BCUT2D eigenvalue weighted by molar-refractivity contribution is 5.20. The lowest BCUT2D eigenvalue weighted by atomic mass is 10.0. The van der Waals surface area contributed by atoms with Crippen molar-refractivity contribution in [2.75, 3.05) is 13.2 Å². The van der Waals surface area contributed by atoms with Crippen LogP contribution < -0.4 is 10.1 Å². The molecule has 1 N–H and O–H groups in total. The zero-order chi connectivity index (χ0) is 12.1. The minimum absolute atomic E-state index is 0.570. The van der Waals surface area contributed by atoms with E-state index < -0.39 is 0 Å². The predicted molar refractivity (Wildman–Crippen MR) is 71.4 cm³/mol. The SMILES string of the molecule is CC(NCCCOc1ccccc1)C1(C)CC1. The van der Waals surface area contributed by atoms with Crippen LogP contribution in [0.25, 0.3) is 0 Å². The van der Waals surface area contributed by atoms with E-state index >= 15 is 0 Å². The summed E-state index contributed by atoms with van der Waals surface area (Å²) in [6, 6.07) is 10.7. The number of hydrogen-bond donors (Lipinski definition) is 1. The molecular weight excluding hydrogens is 210 g/mol. The molecule has 1 aromatic rings. The molecule has 2 heteroatoms. The van der Waals surface area contributed by atoms with Crippen molar-refractivity contribution in [1.82, 2.24) is 5.32 Å². The molecule has 0 saturated heterocycles. The average molecular weight is 233 g/mol. The molecule has 2 nitrogen and oxygen atoms in total. The molecule has 0 spiro atoms. The monoisotopic (exact) mass is 233 g/mol. The maximum absolute atomic E-state index is 5.65. The number of benzene rings is 1. The maximum Gasteiger partial charge on any atom is 0.119 e. The minimum Gasteiger partial charge on any atom is -0.494 e. The Balaban J connectivity index is 1.55. The number of hydrogen-bond acceptors (Lipinski definition) is 2. The van der Waals surface area contributed by atoms with Gasteiger partial charge < -0.3 is 10.1 Å². The number of ether oxygens (including phenoxy) is 1. The topological polar surface area (TPSA) is 21.3 Å². The lowest BCUT2D eigenvalue weighted by molar-refractivity contribution is 0.296. The second-order valence-corrected chi connectivity index (χ2v) is 5.34. The lowest BCUT2D eigenvalue weighted by Crippen LogP contribution is -2.34. The summed E-state index contributed by atoms with van der Waals surface area (Å²) in [4.78, 5) is 0. The summed E-state index contributed by atoms with van der Waals surface area (Å²) in [6.07, 6.45) is 3.82. The Bertz CT molecular complexity index is 332. The first-order valence-electron chi connectivity index (χ1n) is 6.62. The van der Waals surface area contributed by atoms with E-state index in [-0.39, 0.29) is 0 Å². The van der Waals surface area contributed by atoms with Crippen LogP contribution in [-0.2, 0) is 0 Å². The van der Waals surface area contributed by atoms with Crippen molar-refractivity contribution < 1.29 is 4.74 Å². The first kappa shape index (κ1) is 12.4. The molecular formula is C15H23NO. The molecule has 1 fully saturated rings. The van der Waals surface area contributed by atoms with Crippen LogP contribution in [0.2, 0.25) is 0 Å². The van der Waals surface area contributed by atoms with E-state index in [1.807, 2.05) is 30.3 Å². The molecule has 94 valence electrons. The van der Waals surface area contributed by atoms with Gasteiger partial charge in [0.1, 0.15) is 5.75 Å². The first-order valence-corrected chi connectivity index (χ1v) is 6.62. The molecule has 1 atom stereocenters. The Hall–Kier alpha value is -1.02. The highest BCUT2D eigenvalue weighted by Crippen LogP contribution is 2.47. The molecule has 1 aliphatic rings. The van der Waals surface area contributed by atoms with Gasteiger partial charge in [0.05, 0.1) is 6.61 Å². The third-order valence-corrected chi connectivity index (χ3v) is 3.87. The Labute approximate surface area is 104 Å². The van der Waals surface area contributed by atoms with Gasteiger partial charge in [-0.3, -0.25) is 0 Å². The molecule has 0 amide bonds. The van der Waals surface area contributed by atoms with Gasteiger partial charge in [0.15, 0.2) is 0 Å². The average Bonchev–Trinajstić information content (AvgIpc) is 3.09. The third kappa shape index (κ3) is 3.74. The van der Waals surface area contributed by atoms with Gasteiger partial charge in [-0.05, 0) is 50.3 Å². The van der Waals surface area contributed by atoms with Crippen molar-refractivity contribution in [3.8, 4) is 5.75 Å². The van der Waals surface area contributed by atoms with Gasteiger partial charge in [-0.1, -0.05) is 25.1 Å². The van der Waals surface area contributed by atoms with Crippen LogP contribution in [0.1, 0.15) is 33.1 Å². The summed E-state index contributed by atoms with van der Waals surface area (Å²) >= 11 is 0. The van der Waals surface area contributed by atoms with Crippen molar-refractivity contribution in [3.63, 3.8) is 0 Å². The van der Waals surface area contributed by atoms with E-state index in [4.69, 9.17) is 4.74 Å². The van der Waals surface area contributed by atoms with Crippen LogP contribution in [0, 0.1) is 5.41 Å². The van der Waals surface area contributed by atoms with Gasteiger partial charge in [-0.25, -0.2) is 0 Å². The zero-order valence-corrected chi connectivity index (χ0v) is 10.9. The van der Waals surface area contributed by atoms with E-state index in [0.29, 0.717) is 11.5 Å². The maximum atomic E-state index is 5.65. The van der Waals surface area contributed by atoms with E-state index in [1.54, 1.807) is 0 Å². The van der Waals surface area contributed by atoms with Crippen LogP contribution >= 0.6 is 0 Å². The lowest BCUT2D eigenvalue weighted by Gasteiger charge is -2.20. The van der Waals surface area contributed by atoms with E-state index in [9.17, 15) is 0 Å². The Morgan fingerprint density at radius 1 is 1.29 bits per heavy atom. The molecule has 1 aromatic carbocycles. The van der Waals surface area contributed by atoms with Gasteiger partial charge >= 0.3 is 0 Å². The number of rotatable bonds is 7. The zero-order valence-electron chi connectivity index (χ0n) is 10.9. The van der Waals surface area contributed by atoms with Crippen molar-refractivity contribution >= 4 is 0 Å². The van der Waals surface area contributed by atoms with Crippen LogP contribution in [0.5, 0.6) is 5.75 Å². The molecule has 0 bridgehead atoms. The third-order valence-electron chi connectivity index (χ3n) is 3.87. The largest absolute Gasteiger partial charge is 0.494 e. The molecule has 0 radical (unpaired) electrons. The van der Waals surface area contributed by atoms with Gasteiger partial charge in [0.2, 0.25) is 0 Å². The Kier molecular flexibility index (Phi) is 4.06. The van der Waals surface area contributed by atoms with Crippen LogP contribution in [-0.4, -0.2) is 19.2 Å². The van der Waals surface area contributed by atoms with E-state index in [0.717, 1.165) is 25.3 Å². The van der Waals surface area contributed by atoms with Crippen molar-refractivity contribution in [2.45, 2.75) is 39.2 Å². The molecule has 1 saturated carbocycles. The number of para-hydroxylation sites is 1. The second-order valence-electron chi connectivity index (χ2n) is 5.34. The van der Waals surface area contributed by atoms with Crippen molar-refractivity contribution in [3.05, 3.63) is 30.3 Å². The van der Waals surface area contributed by atoms with Gasteiger partial charge in [0.25, 0.3) is 0 Å². The minimum atomic E-state index is 0.570. The highest BCUT2D eigenvalue weighted by Gasteiger charge is 2.41. The van der Waals surface area contributed by atoms with Gasteiger partial charge in [0, 0.05) is 6.04 Å².